The predicted molar refractivity (Wildman–Crippen MR) is 70.0 cm³/mol. The highest BCUT2D eigenvalue weighted by molar-refractivity contribution is 7.60. The van der Waals surface area contributed by atoms with Crippen molar-refractivity contribution in [2.24, 2.45) is 5.92 Å². The van der Waals surface area contributed by atoms with Crippen molar-refractivity contribution in [2.75, 3.05) is 6.61 Å². The molecule has 0 aromatic heterocycles. The lowest BCUT2D eigenvalue weighted by Crippen LogP contribution is -2.60. The summed E-state index contributed by atoms with van der Waals surface area (Å²) in [6, 6.07) is 0. The molecule has 0 N–H and O–H groups in total. The standard InChI is InChI=1S/C11H22BO4P/c1-6-7(2)14-9-5-13-8(3)15-11(9)10(6)16-12(4)17/h6-11H,5,17H2,1-4H3/t6?,7-,8?,9?,10+,11-/m0/s1. The SMILES string of the molecule is CB(P)O[C@@H]1C(C)[C@H](C)OC2COC(C)O[C@@H]21. The molecule has 2 heterocycles. The van der Waals surface area contributed by atoms with Crippen LogP contribution in [0.25, 0.3) is 0 Å². The monoisotopic (exact) mass is 260 g/mol. The van der Waals surface area contributed by atoms with Gasteiger partial charge in [-0.2, -0.15) is 0 Å². The van der Waals surface area contributed by atoms with Crippen LogP contribution < -0.4 is 0 Å². The van der Waals surface area contributed by atoms with E-state index in [4.69, 9.17) is 18.9 Å². The summed E-state index contributed by atoms with van der Waals surface area (Å²) >= 11 is 0. The minimum Gasteiger partial charge on any atom is -0.426 e. The Kier molecular flexibility index (Phi) is 4.48. The normalized spacial score (nSPS) is 46.4. The van der Waals surface area contributed by atoms with Crippen LogP contribution >= 0.6 is 9.12 Å². The Morgan fingerprint density at radius 3 is 2.59 bits per heavy atom. The van der Waals surface area contributed by atoms with E-state index in [1.165, 1.54) is 0 Å². The van der Waals surface area contributed by atoms with Gasteiger partial charge in [0.05, 0.1) is 18.8 Å². The van der Waals surface area contributed by atoms with Gasteiger partial charge < -0.3 is 18.9 Å². The highest BCUT2D eigenvalue weighted by Gasteiger charge is 2.46. The summed E-state index contributed by atoms with van der Waals surface area (Å²) in [4.78, 5) is 0. The van der Waals surface area contributed by atoms with Crippen LogP contribution in [0.1, 0.15) is 20.8 Å². The number of rotatable bonds is 2. The van der Waals surface area contributed by atoms with E-state index in [0.717, 1.165) is 0 Å². The van der Waals surface area contributed by atoms with E-state index in [2.05, 4.69) is 23.0 Å². The lowest BCUT2D eigenvalue weighted by molar-refractivity contribution is -0.306. The topological polar surface area (TPSA) is 36.9 Å². The summed E-state index contributed by atoms with van der Waals surface area (Å²) < 4.78 is 23.2. The molecule has 6 heteroatoms. The third-order valence-corrected chi connectivity index (χ3v) is 3.71. The van der Waals surface area contributed by atoms with Gasteiger partial charge in [-0.15, -0.1) is 9.12 Å². The van der Waals surface area contributed by atoms with Crippen LogP contribution in [0.3, 0.4) is 0 Å². The first-order valence-electron chi connectivity index (χ1n) is 6.32. The smallest absolute Gasteiger partial charge is 0.312 e. The Morgan fingerprint density at radius 2 is 1.94 bits per heavy atom. The van der Waals surface area contributed by atoms with Gasteiger partial charge in [-0.1, -0.05) is 13.7 Å². The fraction of sp³-hybridized carbons (Fsp3) is 1.00. The Bertz CT molecular complexity index is 266. The van der Waals surface area contributed by atoms with E-state index in [0.29, 0.717) is 12.5 Å². The summed E-state index contributed by atoms with van der Waals surface area (Å²) in [6.07, 6.45) is 0.0404. The van der Waals surface area contributed by atoms with Crippen LogP contribution in [0.4, 0.5) is 0 Å². The molecular formula is C11H22BO4P. The maximum absolute atomic E-state index is 5.99. The van der Waals surface area contributed by atoms with E-state index < -0.39 is 0 Å². The minimum atomic E-state index is -0.175. The number of hydrogen-bond donors (Lipinski definition) is 0. The van der Waals surface area contributed by atoms with Gasteiger partial charge in [0, 0.05) is 5.92 Å². The fourth-order valence-electron chi connectivity index (χ4n) is 2.49. The van der Waals surface area contributed by atoms with Crippen molar-refractivity contribution in [3.8, 4) is 0 Å². The first-order chi connectivity index (χ1) is 7.99. The van der Waals surface area contributed by atoms with E-state index in [9.17, 15) is 0 Å². The Hall–Kier alpha value is 0.335. The van der Waals surface area contributed by atoms with Gasteiger partial charge in [-0.05, 0) is 13.8 Å². The van der Waals surface area contributed by atoms with Crippen molar-refractivity contribution >= 4 is 15.8 Å². The Labute approximate surface area is 106 Å². The second-order valence-electron chi connectivity index (χ2n) is 5.05. The molecule has 0 amide bonds. The van der Waals surface area contributed by atoms with Crippen LogP contribution in [0.15, 0.2) is 0 Å². The van der Waals surface area contributed by atoms with E-state index in [-0.39, 0.29) is 37.3 Å². The fourth-order valence-corrected chi connectivity index (χ4v) is 2.68. The quantitative estimate of drug-likeness (QED) is 0.557. The molecule has 0 aromatic carbocycles. The zero-order valence-corrected chi connectivity index (χ0v) is 12.1. The van der Waals surface area contributed by atoms with Crippen molar-refractivity contribution in [1.82, 2.24) is 0 Å². The first kappa shape index (κ1) is 13.8. The van der Waals surface area contributed by atoms with Crippen molar-refractivity contribution < 1.29 is 18.9 Å². The van der Waals surface area contributed by atoms with Gasteiger partial charge in [0.25, 0.3) is 0 Å². The summed E-state index contributed by atoms with van der Waals surface area (Å²) in [7, 11) is 2.67. The summed E-state index contributed by atoms with van der Waals surface area (Å²) in [5.41, 5.74) is 0. The van der Waals surface area contributed by atoms with Crippen LogP contribution in [0.5, 0.6) is 0 Å². The Morgan fingerprint density at radius 1 is 1.24 bits per heavy atom. The maximum atomic E-state index is 5.99. The van der Waals surface area contributed by atoms with Crippen LogP contribution in [0.2, 0.25) is 6.82 Å². The van der Waals surface area contributed by atoms with Crippen LogP contribution in [-0.2, 0) is 18.9 Å². The first-order valence-corrected chi connectivity index (χ1v) is 6.99. The molecule has 0 saturated carbocycles. The largest absolute Gasteiger partial charge is 0.426 e. The van der Waals surface area contributed by atoms with Gasteiger partial charge in [-0.3, -0.25) is 0 Å². The molecule has 7 atom stereocenters. The maximum Gasteiger partial charge on any atom is 0.312 e. The van der Waals surface area contributed by atoms with Crippen molar-refractivity contribution in [3.63, 3.8) is 0 Å². The summed E-state index contributed by atoms with van der Waals surface area (Å²) in [6.45, 7) is 8.89. The molecule has 4 unspecified atom stereocenters. The molecule has 98 valence electrons. The van der Waals surface area contributed by atoms with Crippen molar-refractivity contribution in [2.45, 2.75) is 58.3 Å². The van der Waals surface area contributed by atoms with E-state index >= 15 is 0 Å². The molecule has 0 aliphatic carbocycles. The molecule has 2 saturated heterocycles. The number of ether oxygens (including phenoxy) is 3. The van der Waals surface area contributed by atoms with Gasteiger partial charge in [0.2, 0.25) is 0 Å². The molecule has 2 aliphatic heterocycles. The summed E-state index contributed by atoms with van der Waals surface area (Å²) in [5, 5.41) is 0. The Balaban J connectivity index is 2.11. The molecule has 0 aromatic rings. The molecule has 4 nitrogen and oxygen atoms in total. The zero-order valence-electron chi connectivity index (χ0n) is 11.0. The highest BCUT2D eigenvalue weighted by Crippen LogP contribution is 2.33. The van der Waals surface area contributed by atoms with Crippen LogP contribution in [-0.4, -0.2) is 43.9 Å². The van der Waals surface area contributed by atoms with Gasteiger partial charge in [0.15, 0.2) is 6.29 Å². The third kappa shape index (κ3) is 3.02. The van der Waals surface area contributed by atoms with Gasteiger partial charge in [-0.25, -0.2) is 0 Å². The molecule has 2 fully saturated rings. The highest BCUT2D eigenvalue weighted by atomic mass is 31.0. The minimum absolute atomic E-state index is 0.00819. The lowest BCUT2D eigenvalue weighted by Gasteiger charge is -2.48. The molecule has 17 heavy (non-hydrogen) atoms. The predicted octanol–water partition coefficient (Wildman–Crippen LogP) is 1.55. The van der Waals surface area contributed by atoms with Gasteiger partial charge >= 0.3 is 6.64 Å². The molecule has 0 bridgehead atoms. The second kappa shape index (κ2) is 5.54. The average molecular weight is 260 g/mol. The molecular weight excluding hydrogens is 238 g/mol. The van der Waals surface area contributed by atoms with Crippen molar-refractivity contribution in [3.05, 3.63) is 0 Å². The van der Waals surface area contributed by atoms with E-state index in [1.807, 2.05) is 13.7 Å². The average Bonchev–Trinajstić information content (AvgIpc) is 2.25. The summed E-state index contributed by atoms with van der Waals surface area (Å²) in [5.74, 6) is 0.324. The molecule has 2 aliphatic rings. The zero-order chi connectivity index (χ0) is 12.6. The molecule has 0 radical (unpaired) electrons. The van der Waals surface area contributed by atoms with E-state index in [1.54, 1.807) is 0 Å². The third-order valence-electron chi connectivity index (χ3n) is 3.55. The van der Waals surface area contributed by atoms with Crippen molar-refractivity contribution in [1.29, 1.82) is 0 Å². The number of fused-ring (bicyclic) bond motifs is 1. The van der Waals surface area contributed by atoms with Gasteiger partial charge in [0.1, 0.15) is 12.2 Å². The number of hydrogen-bond acceptors (Lipinski definition) is 4. The second-order valence-corrected chi connectivity index (χ2v) is 5.99. The molecule has 2 rings (SSSR count). The van der Waals surface area contributed by atoms with Crippen LogP contribution in [0, 0.1) is 5.92 Å². The lowest BCUT2D eigenvalue weighted by atomic mass is 9.86. The molecule has 0 spiro atoms.